The van der Waals surface area contributed by atoms with Gasteiger partial charge in [0.1, 0.15) is 0 Å². The van der Waals surface area contributed by atoms with Crippen LogP contribution >= 0.6 is 0 Å². The van der Waals surface area contributed by atoms with Crippen molar-refractivity contribution in [3.63, 3.8) is 0 Å². The zero-order chi connectivity index (χ0) is 14.7. The third-order valence-electron chi connectivity index (χ3n) is 4.53. The maximum absolute atomic E-state index is 12.5. The second-order valence-electron chi connectivity index (χ2n) is 6.21. The third kappa shape index (κ3) is 3.63. The van der Waals surface area contributed by atoms with Crippen LogP contribution in [0.15, 0.2) is 24.3 Å². The lowest BCUT2D eigenvalue weighted by Crippen LogP contribution is -2.40. The zero-order valence-electron chi connectivity index (χ0n) is 12.5. The minimum Gasteiger partial charge on any atom is -0.393 e. The molecule has 2 aliphatic rings. The molecule has 0 unspecified atom stereocenters. The molecule has 1 amide bonds. The average Bonchev–Trinajstić information content (AvgIpc) is 3.00. The van der Waals surface area contributed by atoms with Crippen LogP contribution in [-0.2, 0) is 6.54 Å². The van der Waals surface area contributed by atoms with Gasteiger partial charge in [0.25, 0.3) is 5.91 Å². The summed E-state index contributed by atoms with van der Waals surface area (Å²) in [7, 11) is 0. The van der Waals surface area contributed by atoms with E-state index in [1.165, 1.54) is 31.5 Å². The van der Waals surface area contributed by atoms with Crippen LogP contribution in [0.5, 0.6) is 0 Å². The molecule has 0 saturated carbocycles. The summed E-state index contributed by atoms with van der Waals surface area (Å²) in [5.74, 6) is 0.102. The van der Waals surface area contributed by atoms with Crippen LogP contribution in [0.4, 0.5) is 0 Å². The van der Waals surface area contributed by atoms with Crippen molar-refractivity contribution >= 4 is 5.91 Å². The van der Waals surface area contributed by atoms with E-state index in [4.69, 9.17) is 0 Å². The van der Waals surface area contributed by atoms with Gasteiger partial charge in [-0.3, -0.25) is 9.69 Å². The smallest absolute Gasteiger partial charge is 0.253 e. The first-order chi connectivity index (χ1) is 10.2. The van der Waals surface area contributed by atoms with Gasteiger partial charge in [0.05, 0.1) is 6.10 Å². The summed E-state index contributed by atoms with van der Waals surface area (Å²) in [5, 5.41) is 9.54. The van der Waals surface area contributed by atoms with Gasteiger partial charge in [0.15, 0.2) is 0 Å². The van der Waals surface area contributed by atoms with Crippen molar-refractivity contribution in [1.82, 2.24) is 9.80 Å². The number of piperidine rings is 1. The molecule has 2 saturated heterocycles. The molecule has 21 heavy (non-hydrogen) atoms. The van der Waals surface area contributed by atoms with Crippen molar-refractivity contribution < 1.29 is 9.90 Å². The second kappa shape index (κ2) is 6.58. The van der Waals surface area contributed by atoms with Gasteiger partial charge >= 0.3 is 0 Å². The van der Waals surface area contributed by atoms with E-state index < -0.39 is 0 Å². The van der Waals surface area contributed by atoms with Gasteiger partial charge in [0, 0.05) is 25.2 Å². The van der Waals surface area contributed by atoms with E-state index in [-0.39, 0.29) is 12.0 Å². The first-order valence-electron chi connectivity index (χ1n) is 8.01. The Morgan fingerprint density at radius 1 is 1.14 bits per heavy atom. The molecule has 0 aromatic heterocycles. The molecule has 2 aliphatic heterocycles. The molecule has 1 N–H and O–H groups in total. The summed E-state index contributed by atoms with van der Waals surface area (Å²) in [4.78, 5) is 16.8. The van der Waals surface area contributed by atoms with E-state index in [2.05, 4.69) is 11.0 Å². The third-order valence-corrected chi connectivity index (χ3v) is 4.53. The highest BCUT2D eigenvalue weighted by Crippen LogP contribution is 2.17. The molecular formula is C17H24N2O2. The van der Waals surface area contributed by atoms with Crippen LogP contribution in [0, 0.1) is 0 Å². The lowest BCUT2D eigenvalue weighted by molar-refractivity contribution is 0.0546. The Morgan fingerprint density at radius 3 is 2.57 bits per heavy atom. The summed E-state index contributed by atoms with van der Waals surface area (Å²) in [6, 6.07) is 8.03. The van der Waals surface area contributed by atoms with Gasteiger partial charge < -0.3 is 10.0 Å². The predicted molar refractivity (Wildman–Crippen MR) is 82.1 cm³/mol. The molecule has 0 radical (unpaired) electrons. The Morgan fingerprint density at radius 2 is 1.86 bits per heavy atom. The van der Waals surface area contributed by atoms with Crippen molar-refractivity contribution in [2.75, 3.05) is 26.2 Å². The molecule has 2 fully saturated rings. The van der Waals surface area contributed by atoms with Crippen LogP contribution in [0.1, 0.15) is 41.6 Å². The number of aliphatic hydroxyl groups excluding tert-OH is 1. The summed E-state index contributed by atoms with van der Waals surface area (Å²) in [5.41, 5.74) is 2.00. The first kappa shape index (κ1) is 14.5. The largest absolute Gasteiger partial charge is 0.393 e. The molecule has 0 atom stereocenters. The number of hydrogen-bond acceptors (Lipinski definition) is 3. The highest BCUT2D eigenvalue weighted by Gasteiger charge is 2.22. The molecule has 114 valence electrons. The van der Waals surface area contributed by atoms with Crippen molar-refractivity contribution in [3.8, 4) is 0 Å². The van der Waals surface area contributed by atoms with E-state index in [1.807, 2.05) is 23.1 Å². The van der Waals surface area contributed by atoms with Crippen molar-refractivity contribution in [2.45, 2.75) is 38.3 Å². The maximum atomic E-state index is 12.5. The average molecular weight is 288 g/mol. The lowest BCUT2D eigenvalue weighted by atomic mass is 10.1. The van der Waals surface area contributed by atoms with Gasteiger partial charge in [-0.05, 0) is 56.5 Å². The fraction of sp³-hybridized carbons (Fsp3) is 0.588. The summed E-state index contributed by atoms with van der Waals surface area (Å²) in [6.07, 6.45) is 3.72. The molecule has 0 spiro atoms. The van der Waals surface area contributed by atoms with E-state index in [0.29, 0.717) is 25.9 Å². The van der Waals surface area contributed by atoms with Gasteiger partial charge in [-0.2, -0.15) is 0 Å². The van der Waals surface area contributed by atoms with Gasteiger partial charge in [-0.15, -0.1) is 0 Å². The predicted octanol–water partition coefficient (Wildman–Crippen LogP) is 1.88. The fourth-order valence-electron chi connectivity index (χ4n) is 3.25. The number of nitrogens with zero attached hydrogens (tertiary/aromatic N) is 2. The number of carbonyl (C=O) groups is 1. The number of aliphatic hydroxyl groups is 1. The van der Waals surface area contributed by atoms with E-state index in [1.54, 1.807) is 0 Å². The van der Waals surface area contributed by atoms with Crippen LogP contribution in [0.25, 0.3) is 0 Å². The molecule has 0 bridgehead atoms. The Kier molecular flexibility index (Phi) is 4.56. The van der Waals surface area contributed by atoms with Crippen LogP contribution in [0.3, 0.4) is 0 Å². The molecule has 0 aliphatic carbocycles. The standard InChI is InChI=1S/C17H24N2O2/c20-16-6-10-19(11-7-16)17(21)15-5-3-4-14(12-15)13-18-8-1-2-9-18/h3-5,12,16,20H,1-2,6-11,13H2. The van der Waals surface area contributed by atoms with E-state index in [0.717, 1.165) is 12.1 Å². The molecular weight excluding hydrogens is 264 g/mol. The Balaban J connectivity index is 1.65. The fourth-order valence-corrected chi connectivity index (χ4v) is 3.25. The van der Waals surface area contributed by atoms with Crippen LogP contribution in [0.2, 0.25) is 0 Å². The van der Waals surface area contributed by atoms with Gasteiger partial charge in [0.2, 0.25) is 0 Å². The van der Waals surface area contributed by atoms with Crippen molar-refractivity contribution in [3.05, 3.63) is 35.4 Å². The summed E-state index contributed by atoms with van der Waals surface area (Å²) in [6.45, 7) is 4.61. The summed E-state index contributed by atoms with van der Waals surface area (Å²) < 4.78 is 0. The quantitative estimate of drug-likeness (QED) is 0.923. The molecule has 2 heterocycles. The van der Waals surface area contributed by atoms with Gasteiger partial charge in [-0.1, -0.05) is 12.1 Å². The van der Waals surface area contributed by atoms with Crippen LogP contribution in [-0.4, -0.2) is 53.1 Å². The molecule has 1 aromatic rings. The highest BCUT2D eigenvalue weighted by molar-refractivity contribution is 5.94. The van der Waals surface area contributed by atoms with Crippen LogP contribution < -0.4 is 0 Å². The minimum absolute atomic E-state index is 0.102. The second-order valence-corrected chi connectivity index (χ2v) is 6.21. The molecule has 1 aromatic carbocycles. The lowest BCUT2D eigenvalue weighted by Gasteiger charge is -2.29. The molecule has 4 heteroatoms. The number of amides is 1. The summed E-state index contributed by atoms with van der Waals surface area (Å²) >= 11 is 0. The highest BCUT2D eigenvalue weighted by atomic mass is 16.3. The molecule has 3 rings (SSSR count). The Hall–Kier alpha value is -1.39. The maximum Gasteiger partial charge on any atom is 0.253 e. The SMILES string of the molecule is O=C(c1cccc(CN2CCCC2)c1)N1CCC(O)CC1. The number of carbonyl (C=O) groups excluding carboxylic acids is 1. The Bertz CT molecular complexity index is 489. The number of likely N-dealkylation sites (tertiary alicyclic amines) is 2. The normalized spacial score (nSPS) is 20.9. The first-order valence-corrected chi connectivity index (χ1v) is 8.01. The topological polar surface area (TPSA) is 43.8 Å². The number of rotatable bonds is 3. The van der Waals surface area contributed by atoms with Crippen molar-refractivity contribution in [1.29, 1.82) is 0 Å². The monoisotopic (exact) mass is 288 g/mol. The number of benzene rings is 1. The zero-order valence-corrected chi connectivity index (χ0v) is 12.5. The Labute approximate surface area is 126 Å². The number of hydrogen-bond donors (Lipinski definition) is 1. The van der Waals surface area contributed by atoms with Crippen molar-refractivity contribution in [2.24, 2.45) is 0 Å². The van der Waals surface area contributed by atoms with E-state index >= 15 is 0 Å². The van der Waals surface area contributed by atoms with E-state index in [9.17, 15) is 9.90 Å². The minimum atomic E-state index is -0.240. The molecule has 4 nitrogen and oxygen atoms in total. The van der Waals surface area contributed by atoms with Gasteiger partial charge in [-0.25, -0.2) is 0 Å².